The highest BCUT2D eigenvalue weighted by molar-refractivity contribution is 6.52. The maximum absolute atomic E-state index is 5.94. The van der Waals surface area contributed by atoms with Gasteiger partial charge in [0.2, 0.25) is 0 Å². The van der Waals surface area contributed by atoms with E-state index in [1.807, 2.05) is 6.07 Å². The summed E-state index contributed by atoms with van der Waals surface area (Å²) in [5, 5.41) is 0. The maximum atomic E-state index is 5.94. The SMILES string of the molecule is [B]c1ccc2c(c1)C(C)(C)c1cc([B]C)ccc1-2. The average molecular weight is 229 g/mol. The second-order valence-corrected chi connectivity index (χ2v) is 5.52. The van der Waals surface area contributed by atoms with Crippen molar-refractivity contribution in [3.8, 4) is 11.1 Å². The fraction of sp³-hybridized carbons (Fsp3) is 0.250. The molecule has 0 heterocycles. The normalized spacial score (nSPS) is 15.1. The fourth-order valence-corrected chi connectivity index (χ4v) is 2.95. The molecule has 3 rings (SSSR count). The lowest BCUT2D eigenvalue weighted by molar-refractivity contribution is 0.661. The van der Waals surface area contributed by atoms with E-state index in [0.29, 0.717) is 0 Å². The molecule has 0 saturated carbocycles. The van der Waals surface area contributed by atoms with E-state index in [0.717, 1.165) is 5.46 Å². The molecule has 0 spiro atoms. The van der Waals surface area contributed by atoms with Crippen LogP contribution in [0.15, 0.2) is 36.4 Å². The van der Waals surface area contributed by atoms with E-state index in [4.69, 9.17) is 7.85 Å². The number of hydrogen-bond acceptors (Lipinski definition) is 0. The molecule has 0 N–H and O–H groups in total. The van der Waals surface area contributed by atoms with Gasteiger partial charge in [0.05, 0.1) is 0 Å². The minimum atomic E-state index is 0.0407. The minimum Gasteiger partial charge on any atom is -0.0963 e. The molecule has 0 aliphatic heterocycles. The molecule has 85 valence electrons. The van der Waals surface area contributed by atoms with E-state index in [9.17, 15) is 0 Å². The Hall–Kier alpha value is -1.43. The third-order valence-electron chi connectivity index (χ3n) is 4.06. The van der Waals surface area contributed by atoms with Crippen LogP contribution in [0.4, 0.5) is 0 Å². The Labute approximate surface area is 111 Å². The van der Waals surface area contributed by atoms with Gasteiger partial charge in [-0.3, -0.25) is 0 Å². The highest BCUT2D eigenvalue weighted by Gasteiger charge is 2.35. The molecule has 2 heteroatoms. The first-order valence-electron chi connectivity index (χ1n) is 6.38. The largest absolute Gasteiger partial charge is 0.148 e. The summed E-state index contributed by atoms with van der Waals surface area (Å²) in [6.07, 6.45) is 0. The van der Waals surface area contributed by atoms with Crippen molar-refractivity contribution in [3.63, 3.8) is 0 Å². The zero-order valence-electron chi connectivity index (χ0n) is 11.1. The molecule has 0 bridgehead atoms. The Morgan fingerprint density at radius 2 is 1.56 bits per heavy atom. The van der Waals surface area contributed by atoms with Gasteiger partial charge in [0, 0.05) is 5.41 Å². The van der Waals surface area contributed by atoms with Crippen LogP contribution in [0.5, 0.6) is 0 Å². The molecule has 1 aliphatic rings. The summed E-state index contributed by atoms with van der Waals surface area (Å²) in [7, 11) is 8.08. The van der Waals surface area contributed by atoms with Gasteiger partial charge in [0.15, 0.2) is 0 Å². The third-order valence-corrected chi connectivity index (χ3v) is 4.06. The van der Waals surface area contributed by atoms with Crippen LogP contribution < -0.4 is 10.9 Å². The van der Waals surface area contributed by atoms with Crippen LogP contribution >= 0.6 is 0 Å². The van der Waals surface area contributed by atoms with Gasteiger partial charge in [-0.05, 0) is 22.3 Å². The van der Waals surface area contributed by atoms with Gasteiger partial charge < -0.3 is 0 Å². The molecule has 0 atom stereocenters. The summed E-state index contributed by atoms with van der Waals surface area (Å²) >= 11 is 0. The number of benzene rings is 2. The smallest absolute Gasteiger partial charge is 0.0963 e. The molecule has 2 aromatic carbocycles. The van der Waals surface area contributed by atoms with Crippen molar-refractivity contribution in [2.24, 2.45) is 0 Å². The number of rotatable bonds is 1. The van der Waals surface area contributed by atoms with Gasteiger partial charge >= 0.3 is 0 Å². The Morgan fingerprint density at radius 1 is 0.944 bits per heavy atom. The monoisotopic (exact) mass is 229 g/mol. The topological polar surface area (TPSA) is 0 Å². The third kappa shape index (κ3) is 1.48. The first-order chi connectivity index (χ1) is 8.54. The van der Waals surface area contributed by atoms with Crippen LogP contribution in [0.2, 0.25) is 6.82 Å². The van der Waals surface area contributed by atoms with Crippen LogP contribution in [0.1, 0.15) is 25.0 Å². The first-order valence-corrected chi connectivity index (χ1v) is 6.38. The Balaban J connectivity index is 2.31. The summed E-state index contributed by atoms with van der Waals surface area (Å²) < 4.78 is 0. The van der Waals surface area contributed by atoms with Gasteiger partial charge in [-0.15, -0.1) is 0 Å². The minimum absolute atomic E-state index is 0.0407. The summed E-state index contributed by atoms with van der Waals surface area (Å²) in [5.41, 5.74) is 7.58. The van der Waals surface area contributed by atoms with E-state index < -0.39 is 0 Å². The van der Waals surface area contributed by atoms with Crippen LogP contribution in [-0.4, -0.2) is 15.1 Å². The zero-order chi connectivity index (χ0) is 12.9. The standard InChI is InChI=1S/C16H15B2/c1-16(2)14-8-10(17)4-6-12(14)13-7-5-11(18-3)9-15(13)16/h4-9H,1-3H3. The van der Waals surface area contributed by atoms with Gasteiger partial charge in [0.25, 0.3) is 0 Å². The first kappa shape index (κ1) is 11.6. The Morgan fingerprint density at radius 3 is 2.22 bits per heavy atom. The molecular formula is C16H15B2. The second kappa shape index (κ2) is 3.78. The highest BCUT2D eigenvalue weighted by Crippen LogP contribution is 2.47. The van der Waals surface area contributed by atoms with Crippen LogP contribution in [0.25, 0.3) is 11.1 Å². The summed E-state index contributed by atoms with van der Waals surface area (Å²) in [6.45, 7) is 6.63. The predicted molar refractivity (Wildman–Crippen MR) is 80.6 cm³/mol. The molecule has 18 heavy (non-hydrogen) atoms. The molecule has 0 aromatic heterocycles. The van der Waals surface area contributed by atoms with Crippen LogP contribution in [-0.2, 0) is 5.41 Å². The highest BCUT2D eigenvalue weighted by atomic mass is 14.4. The molecule has 0 saturated heterocycles. The molecule has 3 radical (unpaired) electrons. The maximum Gasteiger partial charge on any atom is 0.148 e. The zero-order valence-corrected chi connectivity index (χ0v) is 11.1. The van der Waals surface area contributed by atoms with Crippen molar-refractivity contribution in [2.45, 2.75) is 26.1 Å². The Bertz CT molecular complexity index is 627. The van der Waals surface area contributed by atoms with Gasteiger partial charge in [-0.2, -0.15) is 0 Å². The lowest BCUT2D eigenvalue weighted by Gasteiger charge is -2.22. The number of fused-ring (bicyclic) bond motifs is 3. The molecule has 1 aliphatic carbocycles. The lowest BCUT2D eigenvalue weighted by Crippen LogP contribution is -2.20. The van der Waals surface area contributed by atoms with Gasteiger partial charge in [-0.1, -0.05) is 68.0 Å². The van der Waals surface area contributed by atoms with Crippen molar-refractivity contribution < 1.29 is 0 Å². The van der Waals surface area contributed by atoms with Crippen molar-refractivity contribution in [2.75, 3.05) is 0 Å². The molecule has 0 fully saturated rings. The second-order valence-electron chi connectivity index (χ2n) is 5.52. The molecule has 0 amide bonds. The molecule has 2 aromatic rings. The predicted octanol–water partition coefficient (Wildman–Crippen LogP) is 2.16. The van der Waals surface area contributed by atoms with Gasteiger partial charge in [-0.25, -0.2) is 0 Å². The summed E-state index contributed by atoms with van der Waals surface area (Å²) in [5.74, 6) is 0. The fourth-order valence-electron chi connectivity index (χ4n) is 2.95. The van der Waals surface area contributed by atoms with E-state index >= 15 is 0 Å². The lowest BCUT2D eigenvalue weighted by atomic mass is 9.71. The molecular weight excluding hydrogens is 214 g/mol. The van der Waals surface area contributed by atoms with Crippen LogP contribution in [0, 0.1) is 0 Å². The average Bonchev–Trinajstić information content (AvgIpc) is 2.58. The summed E-state index contributed by atoms with van der Waals surface area (Å²) in [4.78, 5) is 0. The van der Waals surface area contributed by atoms with Crippen molar-refractivity contribution in [1.29, 1.82) is 0 Å². The van der Waals surface area contributed by atoms with Crippen molar-refractivity contribution >= 4 is 26.1 Å². The van der Waals surface area contributed by atoms with E-state index in [1.54, 1.807) is 0 Å². The van der Waals surface area contributed by atoms with Crippen LogP contribution in [0.3, 0.4) is 0 Å². The van der Waals surface area contributed by atoms with E-state index in [2.05, 4.69) is 58.3 Å². The molecule has 0 unspecified atom stereocenters. The van der Waals surface area contributed by atoms with E-state index in [-0.39, 0.29) is 5.41 Å². The quantitative estimate of drug-likeness (QED) is 0.657. The summed E-state index contributed by atoms with van der Waals surface area (Å²) in [6, 6.07) is 13.0. The molecule has 0 nitrogen and oxygen atoms in total. The van der Waals surface area contributed by atoms with Crippen molar-refractivity contribution in [1.82, 2.24) is 0 Å². The van der Waals surface area contributed by atoms with Gasteiger partial charge in [0.1, 0.15) is 15.1 Å². The Kier molecular flexibility index (Phi) is 2.45. The van der Waals surface area contributed by atoms with Crippen molar-refractivity contribution in [3.05, 3.63) is 47.5 Å². The number of hydrogen-bond donors (Lipinski definition) is 0. The van der Waals surface area contributed by atoms with E-state index in [1.165, 1.54) is 27.7 Å².